The molecule has 4 N–H and O–H groups in total. The molecule has 0 radical (unpaired) electrons. The van der Waals surface area contributed by atoms with Crippen molar-refractivity contribution >= 4 is 26.7 Å². The van der Waals surface area contributed by atoms with E-state index in [0.717, 1.165) is 46.3 Å². The molecule has 24 heavy (non-hydrogen) atoms. The van der Waals surface area contributed by atoms with Gasteiger partial charge in [0.25, 0.3) is 0 Å². The van der Waals surface area contributed by atoms with E-state index < -0.39 is 0 Å². The van der Waals surface area contributed by atoms with Crippen LogP contribution in [0.25, 0.3) is 21.3 Å². The third-order valence-electron chi connectivity index (χ3n) is 5.35. The lowest BCUT2D eigenvalue weighted by Gasteiger charge is -2.40. The topological polar surface area (TPSA) is 82.6 Å². The molecule has 1 unspecified atom stereocenters. The summed E-state index contributed by atoms with van der Waals surface area (Å²) in [4.78, 5) is 6.83. The summed E-state index contributed by atoms with van der Waals surface area (Å²) in [6.45, 7) is 0.993. The maximum atomic E-state index is 10.5. The summed E-state index contributed by atoms with van der Waals surface area (Å²) in [6.07, 6.45) is 1.78. The molecule has 1 aliphatic carbocycles. The monoisotopic (exact) mass is 339 g/mol. The van der Waals surface area contributed by atoms with Crippen molar-refractivity contribution in [2.24, 2.45) is 0 Å². The molecule has 0 bridgehead atoms. The van der Waals surface area contributed by atoms with Gasteiger partial charge in [-0.05, 0) is 54.3 Å². The van der Waals surface area contributed by atoms with Crippen LogP contribution in [0.3, 0.4) is 0 Å². The quantitative estimate of drug-likeness (QED) is 0.548. The first-order valence-corrected chi connectivity index (χ1v) is 8.82. The van der Waals surface area contributed by atoms with Gasteiger partial charge >= 0.3 is 0 Å². The zero-order valence-electron chi connectivity index (χ0n) is 13.2. The fourth-order valence-electron chi connectivity index (χ4n) is 4.22. The molecule has 0 amide bonds. The lowest BCUT2D eigenvalue weighted by atomic mass is 9.76. The van der Waals surface area contributed by atoms with Crippen LogP contribution in [0.2, 0.25) is 0 Å². The first-order chi connectivity index (χ1) is 11.5. The van der Waals surface area contributed by atoms with Crippen LogP contribution in [0.4, 0.5) is 5.13 Å². The molecule has 1 aliphatic heterocycles. The number of likely N-dealkylation sites (N-methyl/N-ethyl adjacent to an activating group) is 1. The SMILES string of the molecule is CN1CCc2c3c(cc4nc(N)sc24)-c2c(ccc(O)c2O)CC31. The highest BCUT2D eigenvalue weighted by atomic mass is 32.1. The van der Waals surface area contributed by atoms with E-state index in [2.05, 4.69) is 16.9 Å². The van der Waals surface area contributed by atoms with Gasteiger partial charge in [-0.2, -0.15) is 0 Å². The smallest absolute Gasteiger partial charge is 0.181 e. The van der Waals surface area contributed by atoms with E-state index in [1.807, 2.05) is 12.1 Å². The van der Waals surface area contributed by atoms with Crippen LogP contribution < -0.4 is 5.73 Å². The molecule has 3 aromatic rings. The van der Waals surface area contributed by atoms with Gasteiger partial charge in [0.05, 0.1) is 10.2 Å². The summed E-state index contributed by atoms with van der Waals surface area (Å²) in [6, 6.07) is 5.79. The minimum Gasteiger partial charge on any atom is -0.504 e. The number of hydrogen-bond acceptors (Lipinski definition) is 6. The average molecular weight is 339 g/mol. The zero-order valence-corrected chi connectivity index (χ0v) is 14.0. The molecular weight excluding hydrogens is 322 g/mol. The molecule has 0 fully saturated rings. The number of nitrogen functional groups attached to an aromatic ring is 1. The van der Waals surface area contributed by atoms with Gasteiger partial charge in [-0.15, -0.1) is 0 Å². The Hall–Kier alpha value is -2.31. The molecule has 1 aromatic heterocycles. The number of aromatic hydroxyl groups is 2. The van der Waals surface area contributed by atoms with Crippen molar-refractivity contribution < 1.29 is 10.2 Å². The van der Waals surface area contributed by atoms with Crippen LogP contribution in [-0.2, 0) is 12.8 Å². The predicted molar refractivity (Wildman–Crippen MR) is 95.6 cm³/mol. The number of nitrogens with two attached hydrogens (primary N) is 1. The minimum absolute atomic E-state index is 0.0380. The Labute approximate surface area is 143 Å². The van der Waals surface area contributed by atoms with Crippen molar-refractivity contribution in [1.82, 2.24) is 9.88 Å². The number of anilines is 1. The second kappa shape index (κ2) is 4.62. The number of thiazole rings is 1. The van der Waals surface area contributed by atoms with E-state index in [9.17, 15) is 10.2 Å². The molecule has 6 heteroatoms. The van der Waals surface area contributed by atoms with E-state index in [-0.39, 0.29) is 17.5 Å². The van der Waals surface area contributed by atoms with Gasteiger partial charge < -0.3 is 15.9 Å². The minimum atomic E-state index is -0.0806. The van der Waals surface area contributed by atoms with Crippen LogP contribution in [0, 0.1) is 0 Å². The molecule has 0 saturated carbocycles. The Morgan fingerprint density at radius 3 is 3.00 bits per heavy atom. The van der Waals surface area contributed by atoms with Gasteiger partial charge in [0, 0.05) is 18.2 Å². The third-order valence-corrected chi connectivity index (χ3v) is 6.31. The van der Waals surface area contributed by atoms with Crippen LogP contribution in [0.5, 0.6) is 11.5 Å². The van der Waals surface area contributed by atoms with Crippen molar-refractivity contribution in [3.05, 3.63) is 34.9 Å². The van der Waals surface area contributed by atoms with Gasteiger partial charge in [-0.25, -0.2) is 4.98 Å². The van der Waals surface area contributed by atoms with Crippen molar-refractivity contribution in [3.8, 4) is 22.6 Å². The molecule has 2 aromatic carbocycles. The van der Waals surface area contributed by atoms with Crippen molar-refractivity contribution in [2.45, 2.75) is 18.9 Å². The Morgan fingerprint density at radius 1 is 1.33 bits per heavy atom. The third kappa shape index (κ3) is 1.70. The fraction of sp³-hybridized carbons (Fsp3) is 0.278. The second-order valence-electron chi connectivity index (χ2n) is 6.63. The number of aromatic nitrogens is 1. The molecule has 122 valence electrons. The lowest BCUT2D eigenvalue weighted by molar-refractivity contribution is 0.228. The molecule has 2 heterocycles. The van der Waals surface area contributed by atoms with Crippen molar-refractivity contribution in [1.29, 1.82) is 0 Å². The number of phenols is 2. The standard InChI is InChI=1S/C18H17N3O2S/c1-21-5-4-9-15-10(7-11-17(9)24-18(19)20-11)14-8(6-12(15)21)2-3-13(22)16(14)23/h2-3,7,12,22-23H,4-6H2,1H3,(H2,19,20). The highest BCUT2D eigenvalue weighted by Crippen LogP contribution is 2.52. The Balaban J connectivity index is 1.94. The average Bonchev–Trinajstić information content (AvgIpc) is 2.93. The van der Waals surface area contributed by atoms with Crippen molar-refractivity contribution in [3.63, 3.8) is 0 Å². The van der Waals surface area contributed by atoms with Crippen LogP contribution in [-0.4, -0.2) is 33.7 Å². The number of hydrogen-bond donors (Lipinski definition) is 3. The van der Waals surface area contributed by atoms with Gasteiger partial charge in [0.15, 0.2) is 16.6 Å². The van der Waals surface area contributed by atoms with E-state index in [4.69, 9.17) is 5.73 Å². The van der Waals surface area contributed by atoms with Gasteiger partial charge in [-0.1, -0.05) is 17.4 Å². The number of nitrogens with zero attached hydrogens (tertiary/aromatic N) is 2. The highest BCUT2D eigenvalue weighted by molar-refractivity contribution is 7.22. The van der Waals surface area contributed by atoms with E-state index in [1.165, 1.54) is 22.5 Å². The van der Waals surface area contributed by atoms with Crippen molar-refractivity contribution in [2.75, 3.05) is 19.3 Å². The van der Waals surface area contributed by atoms with Crippen LogP contribution in [0.15, 0.2) is 18.2 Å². The number of fused-ring (bicyclic) bond motifs is 4. The summed E-state index contributed by atoms with van der Waals surface area (Å²) in [5.74, 6) is -0.119. The fourth-order valence-corrected chi connectivity index (χ4v) is 5.12. The summed E-state index contributed by atoms with van der Waals surface area (Å²) >= 11 is 1.54. The maximum absolute atomic E-state index is 10.5. The van der Waals surface area contributed by atoms with Gasteiger partial charge in [0.2, 0.25) is 0 Å². The molecular formula is C18H17N3O2S. The largest absolute Gasteiger partial charge is 0.504 e. The van der Waals surface area contributed by atoms with E-state index in [1.54, 1.807) is 6.07 Å². The molecule has 2 aliphatic rings. The van der Waals surface area contributed by atoms with Crippen LogP contribution >= 0.6 is 11.3 Å². The molecule has 5 nitrogen and oxygen atoms in total. The molecule has 0 spiro atoms. The van der Waals surface area contributed by atoms with E-state index in [0.29, 0.717) is 5.13 Å². The normalized spacial score (nSPS) is 19.3. The summed E-state index contributed by atoms with van der Waals surface area (Å²) in [5, 5.41) is 21.0. The molecule has 0 saturated heterocycles. The Kier molecular flexibility index (Phi) is 2.71. The Morgan fingerprint density at radius 2 is 2.17 bits per heavy atom. The Bertz CT molecular complexity index is 1010. The lowest BCUT2D eigenvalue weighted by Crippen LogP contribution is -2.35. The van der Waals surface area contributed by atoms with Gasteiger partial charge in [-0.3, -0.25) is 4.90 Å². The number of benzene rings is 2. The van der Waals surface area contributed by atoms with E-state index >= 15 is 0 Å². The van der Waals surface area contributed by atoms with Crippen LogP contribution in [0.1, 0.15) is 22.7 Å². The summed E-state index contributed by atoms with van der Waals surface area (Å²) in [7, 11) is 2.15. The first kappa shape index (κ1) is 14.1. The number of phenolic OH excluding ortho intramolecular Hbond substituents is 2. The highest BCUT2D eigenvalue weighted by Gasteiger charge is 2.36. The number of rotatable bonds is 0. The molecule has 5 rings (SSSR count). The maximum Gasteiger partial charge on any atom is 0.181 e. The second-order valence-corrected chi connectivity index (χ2v) is 7.67. The van der Waals surface area contributed by atoms with Gasteiger partial charge in [0.1, 0.15) is 0 Å². The predicted octanol–water partition coefficient (Wildman–Crippen LogP) is 3.04. The summed E-state index contributed by atoms with van der Waals surface area (Å²) in [5.41, 5.74) is 12.2. The molecule has 1 atom stereocenters. The summed E-state index contributed by atoms with van der Waals surface area (Å²) < 4.78 is 1.16. The first-order valence-electron chi connectivity index (χ1n) is 8.01. The zero-order chi connectivity index (χ0) is 16.6.